The third kappa shape index (κ3) is 3.17. The van der Waals surface area contributed by atoms with E-state index in [1.54, 1.807) is 6.07 Å². The highest BCUT2D eigenvalue weighted by Crippen LogP contribution is 2.32. The third-order valence-corrected chi connectivity index (χ3v) is 3.27. The molecule has 2 nitrogen and oxygen atoms in total. The van der Waals surface area contributed by atoms with Gasteiger partial charge in [-0.15, -0.1) is 0 Å². The van der Waals surface area contributed by atoms with Gasteiger partial charge < -0.3 is 11.1 Å². The largest absolute Gasteiger partial charge is 0.353 e. The van der Waals surface area contributed by atoms with Crippen molar-refractivity contribution in [2.45, 2.75) is 32.7 Å². The highest BCUT2D eigenvalue weighted by Gasteiger charge is 2.18. The Morgan fingerprint density at radius 2 is 1.75 bits per heavy atom. The van der Waals surface area contributed by atoms with Crippen molar-refractivity contribution in [1.29, 1.82) is 0 Å². The lowest BCUT2D eigenvalue weighted by Gasteiger charge is -2.23. The minimum absolute atomic E-state index is 0.00271. The lowest BCUT2D eigenvalue weighted by atomic mass is 9.86. The lowest BCUT2D eigenvalue weighted by molar-refractivity contribution is 0.592. The second-order valence-electron chi connectivity index (χ2n) is 5.94. The quantitative estimate of drug-likeness (QED) is 0.873. The van der Waals surface area contributed by atoms with Crippen molar-refractivity contribution in [1.82, 2.24) is 0 Å². The zero-order valence-electron chi connectivity index (χ0n) is 12.2. The van der Waals surface area contributed by atoms with Gasteiger partial charge in [-0.05, 0) is 34.7 Å². The molecule has 0 aliphatic rings. The Morgan fingerprint density at radius 3 is 2.35 bits per heavy atom. The number of rotatable bonds is 3. The summed E-state index contributed by atoms with van der Waals surface area (Å²) in [6, 6.07) is 13.0. The van der Waals surface area contributed by atoms with E-state index < -0.39 is 0 Å². The van der Waals surface area contributed by atoms with Gasteiger partial charge in [-0.2, -0.15) is 0 Å². The summed E-state index contributed by atoms with van der Waals surface area (Å²) in [4.78, 5) is 0. The van der Waals surface area contributed by atoms with Crippen LogP contribution in [-0.4, -0.2) is 0 Å². The second-order valence-corrected chi connectivity index (χ2v) is 5.94. The standard InChI is InChI=1S/C17H21FN2/c1-17(2,3)13-6-4-5-7-15(13)20-16-9-8-12(11-19)10-14(16)18/h4-10,20H,11,19H2,1-3H3. The van der Waals surface area contributed by atoms with Crippen LogP contribution in [0.2, 0.25) is 0 Å². The van der Waals surface area contributed by atoms with Crippen LogP contribution in [0.1, 0.15) is 31.9 Å². The van der Waals surface area contributed by atoms with E-state index in [1.165, 1.54) is 6.07 Å². The van der Waals surface area contributed by atoms with E-state index in [0.717, 1.165) is 16.8 Å². The van der Waals surface area contributed by atoms with Gasteiger partial charge in [0.15, 0.2) is 0 Å². The number of halogens is 1. The van der Waals surface area contributed by atoms with Crippen LogP contribution in [-0.2, 0) is 12.0 Å². The van der Waals surface area contributed by atoms with E-state index in [-0.39, 0.29) is 11.2 Å². The highest BCUT2D eigenvalue weighted by atomic mass is 19.1. The molecule has 0 fully saturated rings. The van der Waals surface area contributed by atoms with E-state index in [9.17, 15) is 4.39 Å². The second kappa shape index (κ2) is 5.63. The third-order valence-electron chi connectivity index (χ3n) is 3.27. The summed E-state index contributed by atoms with van der Waals surface area (Å²) >= 11 is 0. The van der Waals surface area contributed by atoms with Crippen LogP contribution in [0, 0.1) is 5.82 Å². The fraction of sp³-hybridized carbons (Fsp3) is 0.294. The van der Waals surface area contributed by atoms with Crippen LogP contribution < -0.4 is 11.1 Å². The Morgan fingerprint density at radius 1 is 1.05 bits per heavy atom. The molecule has 0 saturated heterocycles. The minimum Gasteiger partial charge on any atom is -0.353 e. The van der Waals surface area contributed by atoms with Gasteiger partial charge in [0.25, 0.3) is 0 Å². The summed E-state index contributed by atoms with van der Waals surface area (Å²) in [6.45, 7) is 6.76. The minimum atomic E-state index is -0.281. The molecule has 2 aromatic rings. The average Bonchev–Trinajstić information content (AvgIpc) is 2.40. The van der Waals surface area contributed by atoms with Crippen LogP contribution in [0.25, 0.3) is 0 Å². The number of hydrogen-bond donors (Lipinski definition) is 2. The maximum absolute atomic E-state index is 14.0. The molecule has 2 rings (SSSR count). The molecule has 106 valence electrons. The van der Waals surface area contributed by atoms with Crippen molar-refractivity contribution in [3.05, 3.63) is 59.4 Å². The van der Waals surface area contributed by atoms with Gasteiger partial charge in [0.05, 0.1) is 5.69 Å². The summed E-state index contributed by atoms with van der Waals surface area (Å²) < 4.78 is 14.0. The van der Waals surface area contributed by atoms with Gasteiger partial charge in [-0.3, -0.25) is 0 Å². The van der Waals surface area contributed by atoms with Gasteiger partial charge >= 0.3 is 0 Å². The molecule has 3 N–H and O–H groups in total. The maximum Gasteiger partial charge on any atom is 0.146 e. The van der Waals surface area contributed by atoms with E-state index >= 15 is 0 Å². The fourth-order valence-electron chi connectivity index (χ4n) is 2.18. The number of nitrogens with two attached hydrogens (primary N) is 1. The number of anilines is 2. The van der Waals surface area contributed by atoms with Crippen molar-refractivity contribution in [3.8, 4) is 0 Å². The van der Waals surface area contributed by atoms with Crippen molar-refractivity contribution < 1.29 is 4.39 Å². The molecule has 3 heteroatoms. The summed E-state index contributed by atoms with van der Waals surface area (Å²) in [5.41, 5.74) is 8.86. The SMILES string of the molecule is CC(C)(C)c1ccccc1Nc1ccc(CN)cc1F. The molecule has 0 heterocycles. The summed E-state index contributed by atoms with van der Waals surface area (Å²) in [5.74, 6) is -0.281. The first-order chi connectivity index (χ1) is 9.41. The first kappa shape index (κ1) is 14.5. The molecule has 2 aromatic carbocycles. The molecule has 0 atom stereocenters. The van der Waals surface area contributed by atoms with Gasteiger partial charge in [-0.25, -0.2) is 4.39 Å². The molecule has 0 aliphatic carbocycles. The number of nitrogens with one attached hydrogen (secondary N) is 1. The van der Waals surface area contributed by atoms with E-state index in [2.05, 4.69) is 32.2 Å². The molecule has 0 aliphatic heterocycles. The maximum atomic E-state index is 14.0. The van der Waals surface area contributed by atoms with Crippen molar-refractivity contribution in [2.24, 2.45) is 5.73 Å². The molecule has 0 amide bonds. The monoisotopic (exact) mass is 272 g/mol. The number of para-hydroxylation sites is 1. The van der Waals surface area contributed by atoms with Gasteiger partial charge in [0.1, 0.15) is 5.82 Å². The lowest BCUT2D eigenvalue weighted by Crippen LogP contribution is -2.13. The van der Waals surface area contributed by atoms with Gasteiger partial charge in [0, 0.05) is 12.2 Å². The van der Waals surface area contributed by atoms with Crippen LogP contribution >= 0.6 is 0 Å². The molecular weight excluding hydrogens is 251 g/mol. The average molecular weight is 272 g/mol. The molecule has 0 bridgehead atoms. The van der Waals surface area contributed by atoms with Crippen LogP contribution in [0.5, 0.6) is 0 Å². The molecule has 0 unspecified atom stereocenters. The molecule has 0 spiro atoms. The fourth-order valence-corrected chi connectivity index (χ4v) is 2.18. The Balaban J connectivity index is 2.36. The first-order valence-electron chi connectivity index (χ1n) is 6.77. The number of benzene rings is 2. The summed E-state index contributed by atoms with van der Waals surface area (Å²) in [7, 11) is 0. The van der Waals surface area contributed by atoms with Crippen LogP contribution in [0.3, 0.4) is 0 Å². The Hall–Kier alpha value is -1.87. The van der Waals surface area contributed by atoms with Gasteiger partial charge in [0.2, 0.25) is 0 Å². The predicted octanol–water partition coefficient (Wildman–Crippen LogP) is 4.33. The van der Waals surface area contributed by atoms with Crippen molar-refractivity contribution >= 4 is 11.4 Å². The molecule has 0 saturated carbocycles. The molecular formula is C17H21FN2. The first-order valence-corrected chi connectivity index (χ1v) is 6.77. The summed E-state index contributed by atoms with van der Waals surface area (Å²) in [6.07, 6.45) is 0. The van der Waals surface area contributed by atoms with E-state index in [1.807, 2.05) is 24.3 Å². The van der Waals surface area contributed by atoms with Crippen LogP contribution in [0.4, 0.5) is 15.8 Å². The van der Waals surface area contributed by atoms with E-state index in [0.29, 0.717) is 12.2 Å². The Kier molecular flexibility index (Phi) is 4.09. The van der Waals surface area contributed by atoms with Crippen molar-refractivity contribution in [3.63, 3.8) is 0 Å². The van der Waals surface area contributed by atoms with Gasteiger partial charge in [-0.1, -0.05) is 45.0 Å². The van der Waals surface area contributed by atoms with Crippen molar-refractivity contribution in [2.75, 3.05) is 5.32 Å². The van der Waals surface area contributed by atoms with E-state index in [4.69, 9.17) is 5.73 Å². The highest BCUT2D eigenvalue weighted by molar-refractivity contribution is 5.65. The molecule has 0 radical (unpaired) electrons. The Labute approximate surface area is 119 Å². The summed E-state index contributed by atoms with van der Waals surface area (Å²) in [5, 5.41) is 3.18. The number of hydrogen-bond acceptors (Lipinski definition) is 2. The Bertz CT molecular complexity index is 600. The topological polar surface area (TPSA) is 38.0 Å². The molecule has 0 aromatic heterocycles. The smallest absolute Gasteiger partial charge is 0.146 e. The van der Waals surface area contributed by atoms with Crippen LogP contribution in [0.15, 0.2) is 42.5 Å². The zero-order valence-corrected chi connectivity index (χ0v) is 12.2. The molecule has 20 heavy (non-hydrogen) atoms. The zero-order chi connectivity index (χ0) is 14.8. The predicted molar refractivity (Wildman–Crippen MR) is 82.7 cm³/mol. The normalized spacial score (nSPS) is 11.4.